The number of hydrogen-bond donors (Lipinski definition) is 1. The normalized spacial score (nSPS) is 10.5. The van der Waals surface area contributed by atoms with E-state index in [2.05, 4.69) is 26.2 Å². The fraction of sp³-hybridized carbons (Fsp3) is 0.286. The largest absolute Gasteiger partial charge is 0.379 e. The van der Waals surface area contributed by atoms with Crippen molar-refractivity contribution in [2.45, 2.75) is 20.4 Å². The van der Waals surface area contributed by atoms with Crippen LogP contribution in [0.25, 0.3) is 0 Å². The quantitative estimate of drug-likeness (QED) is 0.862. The summed E-state index contributed by atoms with van der Waals surface area (Å²) in [7, 11) is 0. The Balaban J connectivity index is 2.02. The van der Waals surface area contributed by atoms with Crippen LogP contribution in [-0.4, -0.2) is 17.4 Å². The maximum atomic E-state index is 13.4. The molecule has 21 heavy (non-hydrogen) atoms. The number of anilines is 2. The van der Waals surface area contributed by atoms with Gasteiger partial charge < -0.3 is 5.32 Å². The van der Waals surface area contributed by atoms with Crippen molar-refractivity contribution in [2.75, 3.05) is 16.8 Å². The van der Waals surface area contributed by atoms with E-state index in [4.69, 9.17) is 0 Å². The summed E-state index contributed by atoms with van der Waals surface area (Å²) in [6.07, 6.45) is 0. The van der Waals surface area contributed by atoms with Gasteiger partial charge in [0.2, 0.25) is 5.91 Å². The van der Waals surface area contributed by atoms with Gasteiger partial charge in [-0.25, -0.2) is 9.37 Å². The molecule has 1 amide bonds. The van der Waals surface area contributed by atoms with Crippen LogP contribution < -0.4 is 10.2 Å². The Labute approximate surface area is 135 Å². The Kier molecular flexibility index (Phi) is 5.30. The average molecular weight is 372 g/mol. The van der Waals surface area contributed by atoms with Crippen molar-refractivity contribution in [2.24, 2.45) is 0 Å². The number of hydrogen-bond acceptors (Lipinski definition) is 4. The van der Waals surface area contributed by atoms with Crippen molar-refractivity contribution in [3.8, 4) is 0 Å². The zero-order valence-corrected chi connectivity index (χ0v) is 14.1. The van der Waals surface area contributed by atoms with E-state index in [1.54, 1.807) is 17.0 Å². The van der Waals surface area contributed by atoms with Crippen molar-refractivity contribution in [1.29, 1.82) is 0 Å². The molecule has 0 saturated heterocycles. The molecule has 1 N–H and O–H groups in total. The zero-order chi connectivity index (χ0) is 15.4. The highest BCUT2D eigenvalue weighted by molar-refractivity contribution is 9.10. The second kappa shape index (κ2) is 7.00. The van der Waals surface area contributed by atoms with Crippen LogP contribution >= 0.6 is 27.3 Å². The molecular formula is C14H15BrFN3OS. The van der Waals surface area contributed by atoms with Crippen molar-refractivity contribution in [1.82, 2.24) is 4.98 Å². The predicted molar refractivity (Wildman–Crippen MR) is 87.2 cm³/mol. The molecule has 0 atom stereocenters. The van der Waals surface area contributed by atoms with Crippen LogP contribution in [0.3, 0.4) is 0 Å². The van der Waals surface area contributed by atoms with Gasteiger partial charge in [-0.1, -0.05) is 0 Å². The zero-order valence-electron chi connectivity index (χ0n) is 11.7. The summed E-state index contributed by atoms with van der Waals surface area (Å²) >= 11 is 4.54. The first kappa shape index (κ1) is 15.9. The molecule has 0 unspecified atom stereocenters. The number of nitrogens with one attached hydrogen (secondary N) is 1. The second-order valence-corrected chi connectivity index (χ2v) is 6.06. The lowest BCUT2D eigenvalue weighted by Gasteiger charge is -2.14. The first-order valence-corrected chi connectivity index (χ1v) is 8.10. The minimum absolute atomic E-state index is 0.0265. The Morgan fingerprint density at radius 2 is 2.29 bits per heavy atom. The lowest BCUT2D eigenvalue weighted by Crippen LogP contribution is -2.27. The summed E-state index contributed by atoms with van der Waals surface area (Å²) in [5, 5.41) is 5.68. The standard InChI is InChI=1S/C14H15BrFN3OS/c1-3-19(9(2)20)14-18-11(8-21-14)7-17-10-4-5-12(15)13(16)6-10/h4-6,8,17H,3,7H2,1-2H3. The van der Waals surface area contributed by atoms with Crippen LogP contribution in [0.1, 0.15) is 19.5 Å². The molecular weight excluding hydrogens is 357 g/mol. The summed E-state index contributed by atoms with van der Waals surface area (Å²) in [5.41, 5.74) is 1.50. The van der Waals surface area contributed by atoms with Crippen molar-refractivity contribution >= 4 is 44.0 Å². The van der Waals surface area contributed by atoms with Crippen molar-refractivity contribution in [3.05, 3.63) is 39.6 Å². The molecule has 1 aromatic heterocycles. The molecule has 0 spiro atoms. The fourth-order valence-corrected chi connectivity index (χ4v) is 2.97. The summed E-state index contributed by atoms with van der Waals surface area (Å²) in [6.45, 7) is 4.50. The first-order chi connectivity index (χ1) is 10.0. The van der Waals surface area contributed by atoms with Gasteiger partial charge in [0, 0.05) is 24.5 Å². The smallest absolute Gasteiger partial charge is 0.225 e. The molecule has 2 aromatic rings. The SMILES string of the molecule is CCN(C(C)=O)c1nc(CNc2ccc(Br)c(F)c2)cs1. The highest BCUT2D eigenvalue weighted by Gasteiger charge is 2.13. The van der Waals surface area contributed by atoms with Crippen LogP contribution in [0.2, 0.25) is 0 Å². The number of halogens is 2. The van der Waals surface area contributed by atoms with Crippen LogP contribution in [0.15, 0.2) is 28.1 Å². The van der Waals surface area contributed by atoms with E-state index in [0.29, 0.717) is 28.4 Å². The van der Waals surface area contributed by atoms with Gasteiger partial charge in [0.05, 0.1) is 16.7 Å². The Morgan fingerprint density at radius 1 is 1.52 bits per heavy atom. The Hall–Kier alpha value is -1.47. The lowest BCUT2D eigenvalue weighted by atomic mass is 10.3. The lowest BCUT2D eigenvalue weighted by molar-refractivity contribution is -0.116. The number of amides is 1. The highest BCUT2D eigenvalue weighted by atomic mass is 79.9. The molecule has 1 aromatic carbocycles. The second-order valence-electron chi connectivity index (χ2n) is 4.37. The fourth-order valence-electron chi connectivity index (χ4n) is 1.79. The Morgan fingerprint density at radius 3 is 2.90 bits per heavy atom. The monoisotopic (exact) mass is 371 g/mol. The number of nitrogens with zero attached hydrogens (tertiary/aromatic N) is 2. The number of benzene rings is 1. The van der Waals surface area contributed by atoms with E-state index in [0.717, 1.165) is 5.69 Å². The van der Waals surface area contributed by atoms with Crippen molar-refractivity contribution in [3.63, 3.8) is 0 Å². The third-order valence-corrected chi connectivity index (χ3v) is 4.42. The maximum Gasteiger partial charge on any atom is 0.225 e. The number of aromatic nitrogens is 1. The van der Waals surface area contributed by atoms with Gasteiger partial charge in [-0.3, -0.25) is 9.69 Å². The topological polar surface area (TPSA) is 45.2 Å². The van der Waals surface area contributed by atoms with Crippen molar-refractivity contribution < 1.29 is 9.18 Å². The molecule has 1 heterocycles. The number of thiazole rings is 1. The van der Waals surface area contributed by atoms with Gasteiger partial charge in [-0.05, 0) is 41.1 Å². The molecule has 0 bridgehead atoms. The van der Waals surface area contributed by atoms with Gasteiger partial charge in [0.25, 0.3) is 0 Å². The van der Waals surface area contributed by atoms with E-state index in [9.17, 15) is 9.18 Å². The van der Waals surface area contributed by atoms with Gasteiger partial charge >= 0.3 is 0 Å². The third kappa shape index (κ3) is 4.01. The van der Waals surface area contributed by atoms with Crippen LogP contribution in [0.4, 0.5) is 15.2 Å². The van der Waals surface area contributed by atoms with Gasteiger partial charge in [-0.2, -0.15) is 0 Å². The Bertz CT molecular complexity index is 647. The van der Waals surface area contributed by atoms with Crippen LogP contribution in [0.5, 0.6) is 0 Å². The molecule has 2 rings (SSSR count). The number of rotatable bonds is 5. The van der Waals surface area contributed by atoms with Crippen LogP contribution in [-0.2, 0) is 11.3 Å². The minimum Gasteiger partial charge on any atom is -0.379 e. The molecule has 7 heteroatoms. The third-order valence-electron chi connectivity index (χ3n) is 2.86. The molecule has 0 aliphatic heterocycles. The maximum absolute atomic E-state index is 13.4. The minimum atomic E-state index is -0.312. The van der Waals surface area contributed by atoms with Gasteiger partial charge in [0.15, 0.2) is 5.13 Å². The van der Waals surface area contributed by atoms with Gasteiger partial charge in [0.1, 0.15) is 5.82 Å². The molecule has 112 valence electrons. The summed E-state index contributed by atoms with van der Waals surface area (Å²) in [6, 6.07) is 4.86. The van der Waals surface area contributed by atoms with E-state index in [1.165, 1.54) is 24.3 Å². The first-order valence-electron chi connectivity index (χ1n) is 6.42. The van der Waals surface area contributed by atoms with E-state index >= 15 is 0 Å². The highest BCUT2D eigenvalue weighted by Crippen LogP contribution is 2.22. The van der Waals surface area contributed by atoms with Gasteiger partial charge in [-0.15, -0.1) is 11.3 Å². The molecule has 0 aliphatic rings. The molecule has 0 aliphatic carbocycles. The summed E-state index contributed by atoms with van der Waals surface area (Å²) in [4.78, 5) is 17.5. The predicted octanol–water partition coefficient (Wildman–Crippen LogP) is 4.03. The van der Waals surface area contributed by atoms with Crippen LogP contribution in [0, 0.1) is 5.82 Å². The van der Waals surface area contributed by atoms with E-state index in [-0.39, 0.29) is 11.7 Å². The summed E-state index contributed by atoms with van der Waals surface area (Å²) in [5.74, 6) is -0.339. The summed E-state index contributed by atoms with van der Waals surface area (Å²) < 4.78 is 13.8. The van der Waals surface area contributed by atoms with E-state index in [1.807, 2.05) is 12.3 Å². The molecule has 0 saturated carbocycles. The molecule has 0 fully saturated rings. The van der Waals surface area contributed by atoms with E-state index < -0.39 is 0 Å². The number of carbonyl (C=O) groups is 1. The average Bonchev–Trinajstić information content (AvgIpc) is 2.89. The molecule has 0 radical (unpaired) electrons. The number of carbonyl (C=O) groups excluding carboxylic acids is 1. The molecule has 4 nitrogen and oxygen atoms in total.